The van der Waals surface area contributed by atoms with E-state index in [0.29, 0.717) is 25.8 Å². The number of carboxylic acid groups (broad SMARTS) is 1. The van der Waals surface area contributed by atoms with Gasteiger partial charge in [0.25, 0.3) is 0 Å². The Hall–Kier alpha value is -2.57. The van der Waals surface area contributed by atoms with E-state index in [0.717, 1.165) is 0 Å². The molecule has 0 spiro atoms. The molecule has 0 bridgehead atoms. The summed E-state index contributed by atoms with van der Waals surface area (Å²) in [5, 5.41) is 25.4. The van der Waals surface area contributed by atoms with Gasteiger partial charge in [0.15, 0.2) is 0 Å². The van der Waals surface area contributed by atoms with Gasteiger partial charge in [-0.1, -0.05) is 13.8 Å². The van der Waals surface area contributed by atoms with E-state index < -0.39 is 60.9 Å². The van der Waals surface area contributed by atoms with Crippen molar-refractivity contribution in [3.05, 3.63) is 0 Å². The van der Waals surface area contributed by atoms with Gasteiger partial charge in [-0.3, -0.25) is 24.0 Å². The first-order chi connectivity index (χ1) is 14.5. The SMILES string of the molecule is CC(C)C[C@H](NC(=O)[C@@H](N)CC(=O)O)C(=O)N[C@@H](CO)C(=O)N[C@H]([C]=O)CCCCN. The van der Waals surface area contributed by atoms with Crippen LogP contribution in [0.3, 0.4) is 0 Å². The summed E-state index contributed by atoms with van der Waals surface area (Å²) in [6, 6.07) is -4.73. The summed E-state index contributed by atoms with van der Waals surface area (Å²) in [6.07, 6.45) is 2.82. The molecule has 0 aliphatic heterocycles. The molecule has 0 aliphatic rings. The van der Waals surface area contributed by atoms with Gasteiger partial charge in [0.2, 0.25) is 24.0 Å². The highest BCUT2D eigenvalue weighted by atomic mass is 16.4. The number of nitrogens with one attached hydrogen (secondary N) is 3. The van der Waals surface area contributed by atoms with Crippen LogP contribution in [0.5, 0.6) is 0 Å². The van der Waals surface area contributed by atoms with E-state index in [9.17, 15) is 29.1 Å². The number of carbonyl (C=O) groups is 4. The maximum absolute atomic E-state index is 12.6. The van der Waals surface area contributed by atoms with Crippen molar-refractivity contribution in [1.82, 2.24) is 16.0 Å². The third-order valence-electron chi connectivity index (χ3n) is 4.29. The summed E-state index contributed by atoms with van der Waals surface area (Å²) in [4.78, 5) is 58.9. The van der Waals surface area contributed by atoms with Crippen LogP contribution >= 0.6 is 0 Å². The van der Waals surface area contributed by atoms with Gasteiger partial charge >= 0.3 is 5.97 Å². The average Bonchev–Trinajstić information content (AvgIpc) is 2.69. The molecule has 0 aromatic rings. The van der Waals surface area contributed by atoms with Crippen LogP contribution in [0.25, 0.3) is 0 Å². The fourth-order valence-corrected chi connectivity index (χ4v) is 2.65. The van der Waals surface area contributed by atoms with Gasteiger partial charge in [-0.15, -0.1) is 0 Å². The molecular formula is C19H34N5O7. The third kappa shape index (κ3) is 12.0. The molecule has 1 radical (unpaired) electrons. The molecule has 0 saturated carbocycles. The van der Waals surface area contributed by atoms with Crippen molar-refractivity contribution < 1.29 is 34.2 Å². The average molecular weight is 445 g/mol. The molecule has 3 amide bonds. The monoisotopic (exact) mass is 444 g/mol. The number of aliphatic hydroxyl groups is 1. The van der Waals surface area contributed by atoms with Crippen LogP contribution in [0.1, 0.15) is 46.0 Å². The van der Waals surface area contributed by atoms with E-state index in [1.807, 2.05) is 0 Å². The maximum Gasteiger partial charge on any atom is 0.305 e. The Balaban J connectivity index is 5.08. The lowest BCUT2D eigenvalue weighted by Crippen LogP contribution is -2.58. The zero-order valence-electron chi connectivity index (χ0n) is 17.9. The third-order valence-corrected chi connectivity index (χ3v) is 4.29. The van der Waals surface area contributed by atoms with Gasteiger partial charge in [0, 0.05) is 0 Å². The standard InChI is InChI=1S/C19H34N5O7/c1-11(2)7-14(23-17(29)13(21)8-16(27)28)18(30)24-15(10-26)19(31)22-12(9-25)5-3-4-6-20/h11-15,26H,3-8,10,20-21H2,1-2H3,(H,22,31)(H,23,29)(H,24,30)(H,27,28)/t12-,13-,14-,15-/m0/s1. The molecule has 0 saturated heterocycles. The van der Waals surface area contributed by atoms with E-state index in [-0.39, 0.29) is 12.3 Å². The van der Waals surface area contributed by atoms with Crippen LogP contribution in [0.4, 0.5) is 0 Å². The normalized spacial score (nSPS) is 14.8. The second-order valence-corrected chi connectivity index (χ2v) is 7.60. The second kappa shape index (κ2) is 15.3. The van der Waals surface area contributed by atoms with Crippen LogP contribution in [-0.2, 0) is 24.0 Å². The lowest BCUT2D eigenvalue weighted by atomic mass is 10.0. The topological polar surface area (TPSA) is 214 Å². The predicted octanol–water partition coefficient (Wildman–Crippen LogP) is -2.48. The number of carbonyl (C=O) groups excluding carboxylic acids is 4. The summed E-state index contributed by atoms with van der Waals surface area (Å²) in [5.74, 6) is -3.67. The van der Waals surface area contributed by atoms with Gasteiger partial charge in [-0.25, -0.2) is 0 Å². The van der Waals surface area contributed by atoms with Crippen molar-refractivity contribution in [1.29, 1.82) is 0 Å². The highest BCUT2D eigenvalue weighted by molar-refractivity contribution is 5.94. The number of aliphatic hydroxyl groups excluding tert-OH is 1. The molecule has 4 atom stereocenters. The molecule has 177 valence electrons. The molecule has 0 aliphatic carbocycles. The molecular weight excluding hydrogens is 410 g/mol. The van der Waals surface area contributed by atoms with Crippen LogP contribution in [-0.4, -0.2) is 77.5 Å². The molecule has 31 heavy (non-hydrogen) atoms. The zero-order valence-corrected chi connectivity index (χ0v) is 17.9. The minimum Gasteiger partial charge on any atom is -0.481 e. The Morgan fingerprint density at radius 3 is 2.03 bits per heavy atom. The van der Waals surface area contributed by atoms with E-state index in [1.165, 1.54) is 0 Å². The van der Waals surface area contributed by atoms with Crippen molar-refractivity contribution in [3.63, 3.8) is 0 Å². The molecule has 9 N–H and O–H groups in total. The van der Waals surface area contributed by atoms with Crippen molar-refractivity contribution in [2.45, 2.75) is 70.1 Å². The Morgan fingerprint density at radius 2 is 1.55 bits per heavy atom. The predicted molar refractivity (Wildman–Crippen MR) is 111 cm³/mol. The number of carboxylic acids is 1. The number of amides is 3. The summed E-state index contributed by atoms with van der Waals surface area (Å²) < 4.78 is 0. The zero-order chi connectivity index (χ0) is 24.0. The van der Waals surface area contributed by atoms with Crippen LogP contribution in [0.2, 0.25) is 0 Å². The quantitative estimate of drug-likeness (QED) is 0.125. The summed E-state index contributed by atoms with van der Waals surface area (Å²) >= 11 is 0. The van der Waals surface area contributed by atoms with Gasteiger partial charge in [0.1, 0.15) is 12.1 Å². The Morgan fingerprint density at radius 1 is 0.968 bits per heavy atom. The van der Waals surface area contributed by atoms with Gasteiger partial charge in [-0.2, -0.15) is 0 Å². The first-order valence-electron chi connectivity index (χ1n) is 10.1. The van der Waals surface area contributed by atoms with Crippen LogP contribution < -0.4 is 27.4 Å². The molecule has 0 aromatic heterocycles. The molecule has 0 unspecified atom stereocenters. The first kappa shape index (κ1) is 28.4. The summed E-state index contributed by atoms with van der Waals surface area (Å²) in [6.45, 7) is 3.29. The molecule has 0 rings (SSSR count). The number of nitrogens with two attached hydrogens (primary N) is 2. The van der Waals surface area contributed by atoms with E-state index in [2.05, 4.69) is 16.0 Å². The molecule has 0 aromatic carbocycles. The van der Waals surface area contributed by atoms with Crippen molar-refractivity contribution in [3.8, 4) is 0 Å². The number of hydrogen-bond acceptors (Lipinski definition) is 8. The van der Waals surface area contributed by atoms with Crippen LogP contribution in [0.15, 0.2) is 0 Å². The van der Waals surface area contributed by atoms with Crippen LogP contribution in [0, 0.1) is 5.92 Å². The highest BCUT2D eigenvalue weighted by Crippen LogP contribution is 2.07. The van der Waals surface area contributed by atoms with E-state index >= 15 is 0 Å². The summed E-state index contributed by atoms with van der Waals surface area (Å²) in [5.41, 5.74) is 10.9. The van der Waals surface area contributed by atoms with Crippen molar-refractivity contribution in [2.75, 3.05) is 13.2 Å². The summed E-state index contributed by atoms with van der Waals surface area (Å²) in [7, 11) is 0. The molecule has 12 nitrogen and oxygen atoms in total. The van der Waals surface area contributed by atoms with Gasteiger partial charge in [0.05, 0.1) is 25.1 Å². The second-order valence-electron chi connectivity index (χ2n) is 7.60. The number of aliphatic carboxylic acids is 1. The fraction of sp³-hybridized carbons (Fsp3) is 0.737. The Kier molecular flexibility index (Phi) is 14.0. The molecule has 12 heteroatoms. The van der Waals surface area contributed by atoms with E-state index in [1.54, 1.807) is 20.1 Å². The minimum atomic E-state index is -1.36. The minimum absolute atomic E-state index is 0.0373. The Bertz CT molecular complexity index is 614. The lowest BCUT2D eigenvalue weighted by molar-refractivity contribution is -0.140. The lowest BCUT2D eigenvalue weighted by Gasteiger charge is -2.24. The van der Waals surface area contributed by atoms with Crippen molar-refractivity contribution in [2.24, 2.45) is 17.4 Å². The van der Waals surface area contributed by atoms with Gasteiger partial charge in [-0.05, 0) is 38.1 Å². The van der Waals surface area contributed by atoms with Crippen molar-refractivity contribution >= 4 is 30.0 Å². The first-order valence-corrected chi connectivity index (χ1v) is 10.1. The maximum atomic E-state index is 12.6. The van der Waals surface area contributed by atoms with Gasteiger partial charge < -0.3 is 37.6 Å². The fourth-order valence-electron chi connectivity index (χ4n) is 2.65. The number of unbranched alkanes of at least 4 members (excludes halogenated alkanes) is 1. The number of hydrogen-bond donors (Lipinski definition) is 7. The molecule has 0 fully saturated rings. The van der Waals surface area contributed by atoms with E-state index in [4.69, 9.17) is 16.6 Å². The largest absolute Gasteiger partial charge is 0.481 e. The number of rotatable bonds is 16. The Labute approximate surface area is 181 Å². The smallest absolute Gasteiger partial charge is 0.305 e. The highest BCUT2D eigenvalue weighted by Gasteiger charge is 2.29. The molecule has 0 heterocycles.